The molecule has 152 valence electrons. The van der Waals surface area contributed by atoms with E-state index in [4.69, 9.17) is 9.47 Å². The molecule has 2 N–H and O–H groups in total. The van der Waals surface area contributed by atoms with Crippen molar-refractivity contribution in [2.75, 3.05) is 13.7 Å². The van der Waals surface area contributed by atoms with Gasteiger partial charge in [-0.15, -0.1) is 0 Å². The van der Waals surface area contributed by atoms with Crippen LogP contribution in [0.2, 0.25) is 0 Å². The highest BCUT2D eigenvalue weighted by Gasteiger charge is 2.27. The SMILES string of the molecule is CC[C@H](C)[C@H](NC[C@@H](NC(=O)OCc1ccccc1)[C@@H](C)CC)C(=O)OC. The summed E-state index contributed by atoms with van der Waals surface area (Å²) in [6.07, 6.45) is 1.30. The van der Waals surface area contributed by atoms with E-state index in [-0.39, 0.29) is 30.5 Å². The Hall–Kier alpha value is -2.08. The normalized spacial score (nSPS) is 15.3. The van der Waals surface area contributed by atoms with Crippen molar-refractivity contribution in [2.24, 2.45) is 11.8 Å². The molecule has 6 heteroatoms. The van der Waals surface area contributed by atoms with E-state index in [0.717, 1.165) is 18.4 Å². The van der Waals surface area contributed by atoms with Gasteiger partial charge >= 0.3 is 12.1 Å². The molecular weight excluding hydrogens is 344 g/mol. The molecule has 1 aromatic carbocycles. The van der Waals surface area contributed by atoms with E-state index in [1.165, 1.54) is 7.11 Å². The largest absolute Gasteiger partial charge is 0.468 e. The van der Waals surface area contributed by atoms with Gasteiger partial charge in [0.15, 0.2) is 0 Å². The van der Waals surface area contributed by atoms with Crippen LogP contribution in [0.1, 0.15) is 46.1 Å². The molecule has 0 aliphatic rings. The average Bonchev–Trinajstić information content (AvgIpc) is 2.70. The number of carbonyl (C=O) groups is 2. The summed E-state index contributed by atoms with van der Waals surface area (Å²) in [6, 6.07) is 9.02. The molecule has 4 atom stereocenters. The van der Waals surface area contributed by atoms with Gasteiger partial charge in [-0.2, -0.15) is 0 Å². The predicted octanol–water partition coefficient (Wildman–Crippen LogP) is 3.50. The minimum absolute atomic E-state index is 0.139. The van der Waals surface area contributed by atoms with Crippen molar-refractivity contribution in [2.45, 2.75) is 59.2 Å². The monoisotopic (exact) mass is 378 g/mol. The van der Waals surface area contributed by atoms with Crippen LogP contribution in [0.4, 0.5) is 4.79 Å². The number of carbonyl (C=O) groups excluding carboxylic acids is 2. The van der Waals surface area contributed by atoms with Crippen molar-refractivity contribution in [3.05, 3.63) is 35.9 Å². The molecular formula is C21H34N2O4. The molecule has 0 spiro atoms. The molecule has 0 saturated heterocycles. The van der Waals surface area contributed by atoms with Crippen LogP contribution < -0.4 is 10.6 Å². The third kappa shape index (κ3) is 7.99. The van der Waals surface area contributed by atoms with Gasteiger partial charge in [0.05, 0.1) is 7.11 Å². The van der Waals surface area contributed by atoms with E-state index in [9.17, 15) is 9.59 Å². The van der Waals surface area contributed by atoms with Gasteiger partial charge < -0.3 is 20.1 Å². The van der Waals surface area contributed by atoms with Crippen molar-refractivity contribution in [3.63, 3.8) is 0 Å². The lowest BCUT2D eigenvalue weighted by molar-refractivity contribution is -0.144. The highest BCUT2D eigenvalue weighted by molar-refractivity contribution is 5.76. The second kappa shape index (κ2) is 12.3. The van der Waals surface area contributed by atoms with Gasteiger partial charge in [-0.05, 0) is 17.4 Å². The number of amides is 1. The molecule has 0 saturated carbocycles. The van der Waals surface area contributed by atoms with E-state index in [2.05, 4.69) is 24.5 Å². The molecule has 0 bridgehead atoms. The van der Waals surface area contributed by atoms with E-state index in [1.807, 2.05) is 44.2 Å². The molecule has 0 aliphatic carbocycles. The number of methoxy groups -OCH3 is 1. The fourth-order valence-electron chi connectivity index (χ4n) is 2.73. The van der Waals surface area contributed by atoms with Crippen molar-refractivity contribution in [3.8, 4) is 0 Å². The Morgan fingerprint density at radius 3 is 2.22 bits per heavy atom. The summed E-state index contributed by atoms with van der Waals surface area (Å²) >= 11 is 0. The highest BCUT2D eigenvalue weighted by Crippen LogP contribution is 2.12. The fraction of sp³-hybridized carbons (Fsp3) is 0.619. The Balaban J connectivity index is 2.63. The number of hydrogen-bond donors (Lipinski definition) is 2. The molecule has 0 heterocycles. The Morgan fingerprint density at radius 2 is 1.67 bits per heavy atom. The zero-order chi connectivity index (χ0) is 20.2. The second-order valence-electron chi connectivity index (χ2n) is 6.99. The van der Waals surface area contributed by atoms with Gasteiger partial charge in [-0.3, -0.25) is 4.79 Å². The van der Waals surface area contributed by atoms with Crippen LogP contribution in [-0.2, 0) is 20.9 Å². The standard InChI is InChI=1S/C21H34N2O4/c1-6-15(3)18(13-22-19(16(4)7-2)20(24)26-5)23-21(25)27-14-17-11-9-8-10-12-17/h8-12,15-16,18-19,22H,6-7,13-14H2,1-5H3,(H,23,25)/t15-,16-,18+,19-/m0/s1. The van der Waals surface area contributed by atoms with Crippen LogP contribution in [0.3, 0.4) is 0 Å². The number of hydrogen-bond acceptors (Lipinski definition) is 5. The molecule has 0 unspecified atom stereocenters. The zero-order valence-electron chi connectivity index (χ0n) is 17.2. The van der Waals surface area contributed by atoms with Gasteiger partial charge in [0.1, 0.15) is 12.6 Å². The number of ether oxygens (including phenoxy) is 2. The summed E-state index contributed by atoms with van der Waals surface area (Å²) in [7, 11) is 1.39. The van der Waals surface area contributed by atoms with E-state index < -0.39 is 12.1 Å². The van der Waals surface area contributed by atoms with Gasteiger partial charge in [0.25, 0.3) is 0 Å². The number of esters is 1. The van der Waals surface area contributed by atoms with E-state index in [1.54, 1.807) is 0 Å². The van der Waals surface area contributed by atoms with E-state index >= 15 is 0 Å². The predicted molar refractivity (Wildman–Crippen MR) is 106 cm³/mol. The lowest BCUT2D eigenvalue weighted by Gasteiger charge is -2.28. The van der Waals surface area contributed by atoms with Crippen LogP contribution in [0.25, 0.3) is 0 Å². The summed E-state index contributed by atoms with van der Waals surface area (Å²) < 4.78 is 10.2. The molecule has 0 aromatic heterocycles. The van der Waals surface area contributed by atoms with Crippen LogP contribution in [0.15, 0.2) is 30.3 Å². The minimum atomic E-state index is -0.455. The Kier molecular flexibility index (Phi) is 10.5. The third-order valence-corrected chi connectivity index (χ3v) is 5.07. The Bertz CT molecular complexity index is 565. The number of nitrogens with one attached hydrogen (secondary N) is 2. The average molecular weight is 379 g/mol. The fourth-order valence-corrected chi connectivity index (χ4v) is 2.73. The first-order valence-electron chi connectivity index (χ1n) is 9.71. The van der Waals surface area contributed by atoms with Crippen LogP contribution >= 0.6 is 0 Å². The van der Waals surface area contributed by atoms with Crippen molar-refractivity contribution in [1.82, 2.24) is 10.6 Å². The van der Waals surface area contributed by atoms with Gasteiger partial charge in [0.2, 0.25) is 0 Å². The van der Waals surface area contributed by atoms with Gasteiger partial charge in [-0.25, -0.2) is 4.79 Å². The Morgan fingerprint density at radius 1 is 1.04 bits per heavy atom. The van der Waals surface area contributed by atoms with Gasteiger partial charge in [0, 0.05) is 12.6 Å². The second-order valence-corrected chi connectivity index (χ2v) is 6.99. The number of rotatable bonds is 11. The topological polar surface area (TPSA) is 76.7 Å². The van der Waals surface area contributed by atoms with Crippen LogP contribution in [-0.4, -0.2) is 37.8 Å². The van der Waals surface area contributed by atoms with Crippen molar-refractivity contribution in [1.29, 1.82) is 0 Å². The summed E-state index contributed by atoms with van der Waals surface area (Å²) in [5.41, 5.74) is 0.938. The zero-order valence-corrected chi connectivity index (χ0v) is 17.2. The number of benzene rings is 1. The number of alkyl carbamates (subject to hydrolysis) is 1. The molecule has 0 radical (unpaired) electrons. The van der Waals surface area contributed by atoms with E-state index in [0.29, 0.717) is 6.54 Å². The maximum atomic E-state index is 12.2. The maximum absolute atomic E-state index is 12.2. The molecule has 6 nitrogen and oxygen atoms in total. The highest BCUT2D eigenvalue weighted by atomic mass is 16.5. The first-order valence-corrected chi connectivity index (χ1v) is 9.71. The summed E-state index contributed by atoms with van der Waals surface area (Å²) in [4.78, 5) is 24.3. The molecule has 1 amide bonds. The smallest absolute Gasteiger partial charge is 0.407 e. The van der Waals surface area contributed by atoms with Crippen LogP contribution in [0, 0.1) is 11.8 Å². The lowest BCUT2D eigenvalue weighted by atomic mass is 9.96. The molecule has 0 aliphatic heterocycles. The summed E-state index contributed by atoms with van der Waals surface area (Å²) in [5, 5.41) is 6.20. The quantitative estimate of drug-likeness (QED) is 0.576. The van der Waals surface area contributed by atoms with Gasteiger partial charge in [-0.1, -0.05) is 70.9 Å². The Labute approximate surface area is 163 Å². The first-order chi connectivity index (χ1) is 12.9. The minimum Gasteiger partial charge on any atom is -0.468 e. The van der Waals surface area contributed by atoms with Crippen LogP contribution in [0.5, 0.6) is 0 Å². The summed E-state index contributed by atoms with van der Waals surface area (Å²) in [5.74, 6) is 0.0935. The van der Waals surface area contributed by atoms with Crippen molar-refractivity contribution < 1.29 is 19.1 Å². The molecule has 1 aromatic rings. The van der Waals surface area contributed by atoms with Crippen molar-refractivity contribution >= 4 is 12.1 Å². The summed E-state index contributed by atoms with van der Waals surface area (Å²) in [6.45, 7) is 8.88. The first kappa shape index (κ1) is 23.0. The molecule has 1 rings (SSSR count). The maximum Gasteiger partial charge on any atom is 0.407 e. The molecule has 27 heavy (non-hydrogen) atoms. The lowest BCUT2D eigenvalue weighted by Crippen LogP contribution is -2.51. The third-order valence-electron chi connectivity index (χ3n) is 5.07. The molecule has 0 fully saturated rings.